The minimum atomic E-state index is -0.398. The van der Waals surface area contributed by atoms with Gasteiger partial charge in [-0.1, -0.05) is 36.1 Å². The van der Waals surface area contributed by atoms with Crippen LogP contribution in [0.1, 0.15) is 31.4 Å². The van der Waals surface area contributed by atoms with Crippen molar-refractivity contribution < 1.29 is 10.2 Å². The molecule has 2 atom stereocenters. The van der Waals surface area contributed by atoms with Crippen LogP contribution < -0.4 is 33.5 Å². The molecule has 2 aromatic rings. The third-order valence-corrected chi connectivity index (χ3v) is 4.61. The number of halogens is 1. The molecule has 10 nitrogen and oxygen atoms in total. The van der Waals surface area contributed by atoms with Gasteiger partial charge in [-0.25, -0.2) is 5.43 Å². The van der Waals surface area contributed by atoms with Crippen molar-refractivity contribution >= 4 is 34.5 Å². The molecule has 0 aromatic heterocycles. The molecule has 0 amide bonds. The van der Waals surface area contributed by atoms with E-state index in [1.54, 1.807) is 31.2 Å². The number of benzene rings is 2. The summed E-state index contributed by atoms with van der Waals surface area (Å²) in [5.74, 6) is 5.89. The number of fused-ring (bicyclic) bond motifs is 1. The minimum Gasteiger partial charge on any atom is -0.507 e. The van der Waals surface area contributed by atoms with Gasteiger partial charge in [-0.3, -0.25) is 10.9 Å². The van der Waals surface area contributed by atoms with E-state index in [1.807, 2.05) is 6.92 Å². The van der Waals surface area contributed by atoms with Gasteiger partial charge in [0.2, 0.25) is 11.9 Å². The lowest BCUT2D eigenvalue weighted by atomic mass is 9.94. The van der Waals surface area contributed by atoms with Gasteiger partial charge in [-0.05, 0) is 26.7 Å². The van der Waals surface area contributed by atoms with Crippen molar-refractivity contribution in [3.8, 4) is 23.3 Å². The monoisotopic (exact) mass is 446 g/mol. The van der Waals surface area contributed by atoms with E-state index in [4.69, 9.17) is 29.0 Å². The van der Waals surface area contributed by atoms with Crippen molar-refractivity contribution in [1.82, 2.24) is 16.3 Å². The van der Waals surface area contributed by atoms with Gasteiger partial charge in [0.05, 0.1) is 5.56 Å². The van der Waals surface area contributed by atoms with Crippen molar-refractivity contribution in [3.63, 3.8) is 0 Å². The number of hydrogen-bond donors (Lipinski definition) is 8. The van der Waals surface area contributed by atoms with Crippen molar-refractivity contribution in [2.45, 2.75) is 38.8 Å². The van der Waals surface area contributed by atoms with Gasteiger partial charge in [0.1, 0.15) is 17.5 Å². The molecule has 11 N–H and O–H groups in total. The molecule has 2 rings (SSSR count). The molecule has 2 unspecified atom stereocenters. The smallest absolute Gasteiger partial charge is 0.220 e. The highest BCUT2D eigenvalue weighted by molar-refractivity contribution is 6.19. The van der Waals surface area contributed by atoms with E-state index < -0.39 is 6.04 Å². The number of phenolic OH excluding ortho intramolecular Hbond substituents is 2. The highest BCUT2D eigenvalue weighted by Crippen LogP contribution is 2.39. The standard InChI is InChI=1S/C20H27ClN8O2/c1-11(26-28-19(22)23)7-9-15-16(10-8-12(2)27-29-20(24)25-21)18(31)14-6-4-3-5-13(14)17(15)30/h3-6,11-12,26-27,30-31H,8,10H2,1-2H3,(H4,22,23,28)(H3,24,25,29). The third kappa shape index (κ3) is 6.47. The summed E-state index contributed by atoms with van der Waals surface area (Å²) in [5, 5.41) is 26.6. The average Bonchev–Trinajstić information content (AvgIpc) is 2.76. The summed E-state index contributed by atoms with van der Waals surface area (Å²) in [7, 11) is 0. The molecule has 0 saturated carbocycles. The number of aromatic hydroxyl groups is 2. The Morgan fingerprint density at radius 2 is 1.77 bits per heavy atom. The van der Waals surface area contributed by atoms with Gasteiger partial charge in [0.15, 0.2) is 0 Å². The first-order chi connectivity index (χ1) is 14.7. The van der Waals surface area contributed by atoms with Crippen LogP contribution in [0.5, 0.6) is 11.5 Å². The zero-order chi connectivity index (χ0) is 23.0. The quantitative estimate of drug-likeness (QED) is 0.100. The average molecular weight is 447 g/mol. The van der Waals surface area contributed by atoms with Gasteiger partial charge >= 0.3 is 0 Å². The van der Waals surface area contributed by atoms with Gasteiger partial charge in [0, 0.05) is 34.2 Å². The van der Waals surface area contributed by atoms with Crippen LogP contribution in [0.4, 0.5) is 0 Å². The van der Waals surface area contributed by atoms with Crippen LogP contribution in [0.3, 0.4) is 0 Å². The molecular weight excluding hydrogens is 420 g/mol. The fraction of sp³-hybridized carbons (Fsp3) is 0.300. The van der Waals surface area contributed by atoms with Crippen LogP contribution in [-0.2, 0) is 6.42 Å². The summed E-state index contributed by atoms with van der Waals surface area (Å²) < 4.78 is 3.29. The second-order valence-corrected chi connectivity index (χ2v) is 7.10. The molecule has 0 aliphatic rings. The lowest BCUT2D eigenvalue weighted by Crippen LogP contribution is -2.46. The molecule has 0 spiro atoms. The molecule has 31 heavy (non-hydrogen) atoms. The van der Waals surface area contributed by atoms with Gasteiger partial charge in [-0.2, -0.15) is 0 Å². The predicted octanol–water partition coefficient (Wildman–Crippen LogP) is 0.653. The molecule has 11 heteroatoms. The van der Waals surface area contributed by atoms with Crippen LogP contribution in [0.15, 0.2) is 33.9 Å². The summed E-state index contributed by atoms with van der Waals surface area (Å²) in [6.07, 6.45) is 1.02. The SMILES string of the molecule is CC(C#Cc1c(CCC(C)NNC(N)=NCl)c(O)c2ccccc2c1O)NN=C(N)N. The van der Waals surface area contributed by atoms with Crippen LogP contribution >= 0.6 is 11.8 Å². The molecular formula is C20H27ClN8O2. The largest absolute Gasteiger partial charge is 0.507 e. The Balaban J connectivity index is 2.38. The number of hydrazone groups is 1. The van der Waals surface area contributed by atoms with Crippen LogP contribution in [0.25, 0.3) is 10.8 Å². The Morgan fingerprint density at radius 1 is 1.13 bits per heavy atom. The van der Waals surface area contributed by atoms with E-state index in [1.165, 1.54) is 0 Å². The minimum absolute atomic E-state index is 0.00203. The Bertz CT molecular complexity index is 1040. The highest BCUT2D eigenvalue weighted by Gasteiger charge is 2.18. The molecule has 0 aliphatic heterocycles. The molecule has 0 saturated heterocycles. The van der Waals surface area contributed by atoms with E-state index in [9.17, 15) is 10.2 Å². The molecule has 166 valence electrons. The molecule has 2 aromatic carbocycles. The number of phenols is 2. The maximum atomic E-state index is 10.9. The summed E-state index contributed by atoms with van der Waals surface area (Å²) >= 11 is 5.28. The van der Waals surface area contributed by atoms with E-state index in [-0.39, 0.29) is 29.5 Å². The highest BCUT2D eigenvalue weighted by atomic mass is 35.5. The van der Waals surface area contributed by atoms with Crippen molar-refractivity contribution in [1.29, 1.82) is 0 Å². The Hall–Kier alpha value is -3.55. The Morgan fingerprint density at radius 3 is 2.39 bits per heavy atom. The first-order valence-corrected chi connectivity index (χ1v) is 9.85. The molecule has 0 bridgehead atoms. The van der Waals surface area contributed by atoms with Crippen LogP contribution in [-0.4, -0.2) is 34.2 Å². The zero-order valence-electron chi connectivity index (χ0n) is 17.3. The van der Waals surface area contributed by atoms with Crippen molar-refractivity contribution in [2.24, 2.45) is 26.8 Å². The summed E-state index contributed by atoms with van der Waals surface area (Å²) in [5.41, 5.74) is 25.3. The summed E-state index contributed by atoms with van der Waals surface area (Å²) in [6.45, 7) is 3.68. The summed E-state index contributed by atoms with van der Waals surface area (Å²) in [6, 6.07) is 6.58. The first kappa shape index (κ1) is 23.7. The molecule has 0 fully saturated rings. The number of guanidine groups is 2. The lowest BCUT2D eigenvalue weighted by Gasteiger charge is -2.17. The molecule has 0 aliphatic carbocycles. The molecule has 0 heterocycles. The maximum absolute atomic E-state index is 10.9. The normalized spacial score (nSPS) is 13.1. The number of rotatable bonds is 7. The topological polar surface area (TPSA) is 179 Å². The van der Waals surface area contributed by atoms with Gasteiger partial charge in [0.25, 0.3) is 0 Å². The number of nitrogens with one attached hydrogen (secondary N) is 3. The Labute approximate surface area is 185 Å². The maximum Gasteiger partial charge on any atom is 0.220 e. The van der Waals surface area contributed by atoms with Gasteiger partial charge < -0.3 is 27.4 Å². The van der Waals surface area contributed by atoms with E-state index >= 15 is 0 Å². The third-order valence-electron chi connectivity index (χ3n) is 4.43. The van der Waals surface area contributed by atoms with Crippen LogP contribution in [0.2, 0.25) is 0 Å². The van der Waals surface area contributed by atoms with E-state index in [2.05, 4.69) is 37.7 Å². The van der Waals surface area contributed by atoms with E-state index in [0.29, 0.717) is 34.7 Å². The lowest BCUT2D eigenvalue weighted by molar-refractivity contribution is 0.452. The first-order valence-electron chi connectivity index (χ1n) is 9.51. The molecule has 0 radical (unpaired) electrons. The number of nitrogens with two attached hydrogens (primary N) is 3. The summed E-state index contributed by atoms with van der Waals surface area (Å²) in [4.78, 5) is 0. The fourth-order valence-corrected chi connectivity index (χ4v) is 2.91. The van der Waals surface area contributed by atoms with Crippen molar-refractivity contribution in [3.05, 3.63) is 35.4 Å². The van der Waals surface area contributed by atoms with Crippen LogP contribution in [0, 0.1) is 11.8 Å². The van der Waals surface area contributed by atoms with Crippen molar-refractivity contribution in [2.75, 3.05) is 0 Å². The fourth-order valence-electron chi connectivity index (χ4n) is 2.87. The zero-order valence-corrected chi connectivity index (χ0v) is 18.0. The second kappa shape index (κ2) is 11.0. The Kier molecular flexibility index (Phi) is 8.43. The van der Waals surface area contributed by atoms with E-state index in [0.717, 1.165) is 0 Å². The van der Waals surface area contributed by atoms with Gasteiger partial charge in [-0.15, -0.1) is 9.61 Å². The number of nitrogens with zero attached hydrogens (tertiary/aromatic N) is 2. The second-order valence-electron chi connectivity index (χ2n) is 6.93. The number of hydrogen-bond acceptors (Lipinski definition) is 6. The predicted molar refractivity (Wildman–Crippen MR) is 124 cm³/mol. The number of hydrazine groups is 1.